The molecule has 0 saturated carbocycles. The average Bonchev–Trinajstić information content (AvgIpc) is 3.17. The van der Waals surface area contributed by atoms with Crippen molar-refractivity contribution >= 4 is 55.7 Å². The Labute approximate surface area is 169 Å². The second-order valence-electron chi connectivity index (χ2n) is 6.56. The number of amides is 1. The highest BCUT2D eigenvalue weighted by Crippen LogP contribution is 2.37. The third-order valence-corrected chi connectivity index (χ3v) is 6.41. The molecule has 1 aliphatic carbocycles. The lowest BCUT2D eigenvalue weighted by molar-refractivity contribution is -0.114. The lowest BCUT2D eigenvalue weighted by Crippen LogP contribution is -2.10. The summed E-state index contributed by atoms with van der Waals surface area (Å²) in [7, 11) is 0. The van der Waals surface area contributed by atoms with Gasteiger partial charge in [-0.25, -0.2) is 19.7 Å². The quantitative estimate of drug-likeness (QED) is 0.493. The maximum absolute atomic E-state index is 12.2. The summed E-state index contributed by atoms with van der Waals surface area (Å²) in [4.78, 5) is 38.4. The fraction of sp³-hybridized carbons (Fsp3) is 0.389. The molecular formula is C18H19N5O3S2. The predicted molar refractivity (Wildman–Crippen MR) is 109 cm³/mol. The van der Waals surface area contributed by atoms with Gasteiger partial charge in [0.2, 0.25) is 5.91 Å². The van der Waals surface area contributed by atoms with Crippen molar-refractivity contribution in [1.82, 2.24) is 15.0 Å². The molecule has 0 fully saturated rings. The molecule has 10 heteroatoms. The number of nitrogens with two attached hydrogens (primary N) is 1. The van der Waals surface area contributed by atoms with E-state index in [0.717, 1.165) is 40.8 Å². The Morgan fingerprint density at radius 3 is 2.86 bits per heavy atom. The van der Waals surface area contributed by atoms with E-state index in [1.165, 1.54) is 35.6 Å². The normalized spacial score (nSPS) is 13.8. The smallest absolute Gasteiger partial charge is 0.358 e. The van der Waals surface area contributed by atoms with Gasteiger partial charge >= 0.3 is 5.97 Å². The second-order valence-corrected chi connectivity index (χ2v) is 8.51. The lowest BCUT2D eigenvalue weighted by atomic mass is 10.1. The van der Waals surface area contributed by atoms with E-state index in [2.05, 4.69) is 20.3 Å². The highest BCUT2D eigenvalue weighted by atomic mass is 32.1. The highest BCUT2D eigenvalue weighted by Gasteiger charge is 2.20. The number of esters is 1. The van der Waals surface area contributed by atoms with Gasteiger partial charge in [-0.15, -0.1) is 22.7 Å². The standard InChI is InChI=1S/C18H19N5O3S2/c1-9(24)20-18-21-11(8-27-18)17(25)26-7-13-22-15(19)14-10-5-3-2-4-6-12(10)28-16(14)23-13/h8H,2-7H2,1H3,(H2,19,22,23)(H,20,21,24). The van der Waals surface area contributed by atoms with Crippen LogP contribution in [-0.2, 0) is 29.0 Å². The van der Waals surface area contributed by atoms with Gasteiger partial charge in [-0.3, -0.25) is 4.79 Å². The van der Waals surface area contributed by atoms with E-state index in [1.807, 2.05) is 0 Å². The summed E-state index contributed by atoms with van der Waals surface area (Å²) < 4.78 is 5.28. The van der Waals surface area contributed by atoms with Crippen molar-refractivity contribution in [2.45, 2.75) is 45.6 Å². The molecule has 0 radical (unpaired) electrons. The molecule has 0 spiro atoms. The Balaban J connectivity index is 1.50. The van der Waals surface area contributed by atoms with Crippen LogP contribution >= 0.6 is 22.7 Å². The molecule has 1 amide bonds. The van der Waals surface area contributed by atoms with Crippen molar-refractivity contribution in [3.8, 4) is 0 Å². The monoisotopic (exact) mass is 417 g/mol. The van der Waals surface area contributed by atoms with Crippen LogP contribution in [0.3, 0.4) is 0 Å². The third-order valence-electron chi connectivity index (χ3n) is 4.47. The number of rotatable bonds is 4. The minimum absolute atomic E-state index is 0.0888. The first-order valence-corrected chi connectivity index (χ1v) is 10.7. The number of aryl methyl sites for hydroxylation is 2. The number of hydrogen-bond acceptors (Lipinski definition) is 9. The Hall–Kier alpha value is -2.59. The van der Waals surface area contributed by atoms with Crippen LogP contribution in [0.4, 0.5) is 10.9 Å². The predicted octanol–water partition coefficient (Wildman–Crippen LogP) is 3.31. The molecule has 3 aromatic rings. The van der Waals surface area contributed by atoms with E-state index < -0.39 is 5.97 Å². The van der Waals surface area contributed by atoms with Crippen molar-refractivity contribution in [2.75, 3.05) is 11.1 Å². The number of nitrogen functional groups attached to an aromatic ring is 1. The summed E-state index contributed by atoms with van der Waals surface area (Å²) in [5, 5.41) is 5.36. The van der Waals surface area contributed by atoms with E-state index in [0.29, 0.717) is 16.8 Å². The fourth-order valence-electron chi connectivity index (χ4n) is 3.25. The van der Waals surface area contributed by atoms with Crippen molar-refractivity contribution in [1.29, 1.82) is 0 Å². The van der Waals surface area contributed by atoms with Crippen molar-refractivity contribution in [2.24, 2.45) is 0 Å². The van der Waals surface area contributed by atoms with Gasteiger partial charge in [0.25, 0.3) is 0 Å². The third kappa shape index (κ3) is 3.83. The lowest BCUT2D eigenvalue weighted by Gasteiger charge is -2.05. The van der Waals surface area contributed by atoms with Crippen LogP contribution in [0.25, 0.3) is 10.2 Å². The minimum Gasteiger partial charge on any atom is -0.453 e. The van der Waals surface area contributed by atoms with Gasteiger partial charge in [0.15, 0.2) is 23.3 Å². The van der Waals surface area contributed by atoms with Gasteiger partial charge in [0, 0.05) is 17.2 Å². The topological polar surface area (TPSA) is 120 Å². The first-order chi connectivity index (χ1) is 13.5. The van der Waals surface area contributed by atoms with Gasteiger partial charge in [0.05, 0.1) is 5.39 Å². The first kappa shape index (κ1) is 18.8. The molecule has 0 bridgehead atoms. The van der Waals surface area contributed by atoms with Crippen LogP contribution < -0.4 is 11.1 Å². The summed E-state index contributed by atoms with van der Waals surface area (Å²) in [6, 6.07) is 0. The first-order valence-electron chi connectivity index (χ1n) is 8.98. The second kappa shape index (κ2) is 7.80. The molecule has 0 aromatic carbocycles. The number of ether oxygens (including phenoxy) is 1. The van der Waals surface area contributed by atoms with E-state index in [1.54, 1.807) is 11.3 Å². The van der Waals surface area contributed by atoms with Crippen LogP contribution in [0.15, 0.2) is 5.38 Å². The van der Waals surface area contributed by atoms with Crippen LogP contribution in [0, 0.1) is 0 Å². The molecule has 4 rings (SSSR count). The summed E-state index contributed by atoms with van der Waals surface area (Å²) >= 11 is 2.81. The Kier molecular flexibility index (Phi) is 5.23. The van der Waals surface area contributed by atoms with Gasteiger partial charge in [-0.1, -0.05) is 6.42 Å². The number of thiazole rings is 1. The van der Waals surface area contributed by atoms with Crippen LogP contribution in [0.1, 0.15) is 52.9 Å². The summed E-state index contributed by atoms with van der Waals surface area (Å²) in [5.41, 5.74) is 7.62. The molecule has 0 atom stereocenters. The minimum atomic E-state index is -0.600. The average molecular weight is 418 g/mol. The van der Waals surface area contributed by atoms with Crippen LogP contribution in [-0.4, -0.2) is 26.8 Å². The van der Waals surface area contributed by atoms with E-state index in [-0.39, 0.29) is 18.2 Å². The van der Waals surface area contributed by atoms with Crippen molar-refractivity contribution in [3.05, 3.63) is 27.3 Å². The zero-order valence-electron chi connectivity index (χ0n) is 15.3. The number of anilines is 2. The van der Waals surface area contributed by atoms with Gasteiger partial charge in [-0.2, -0.15) is 0 Å². The number of carbonyl (C=O) groups excluding carboxylic acids is 2. The summed E-state index contributed by atoms with van der Waals surface area (Å²) in [6.07, 6.45) is 5.65. The van der Waals surface area contributed by atoms with Gasteiger partial charge < -0.3 is 15.8 Å². The van der Waals surface area contributed by atoms with Crippen molar-refractivity contribution < 1.29 is 14.3 Å². The molecule has 0 saturated heterocycles. The van der Waals surface area contributed by atoms with Crippen molar-refractivity contribution in [3.63, 3.8) is 0 Å². The molecule has 3 heterocycles. The highest BCUT2D eigenvalue weighted by molar-refractivity contribution is 7.19. The summed E-state index contributed by atoms with van der Waals surface area (Å²) in [5.74, 6) is -0.0398. The zero-order valence-corrected chi connectivity index (χ0v) is 16.9. The maximum Gasteiger partial charge on any atom is 0.358 e. The van der Waals surface area contributed by atoms with E-state index in [9.17, 15) is 9.59 Å². The largest absolute Gasteiger partial charge is 0.453 e. The molecular weight excluding hydrogens is 398 g/mol. The zero-order chi connectivity index (χ0) is 19.7. The molecule has 28 heavy (non-hydrogen) atoms. The number of nitrogens with zero attached hydrogens (tertiary/aromatic N) is 3. The summed E-state index contributed by atoms with van der Waals surface area (Å²) in [6.45, 7) is 1.29. The number of fused-ring (bicyclic) bond motifs is 3. The molecule has 1 aliphatic rings. The molecule has 3 aromatic heterocycles. The molecule has 0 unspecified atom stereocenters. The molecule has 0 aliphatic heterocycles. The number of thiophene rings is 1. The number of aromatic nitrogens is 3. The van der Waals surface area contributed by atoms with Gasteiger partial charge in [-0.05, 0) is 31.2 Å². The van der Waals surface area contributed by atoms with Gasteiger partial charge in [0.1, 0.15) is 10.6 Å². The number of carbonyl (C=O) groups is 2. The Morgan fingerprint density at radius 2 is 2.04 bits per heavy atom. The number of nitrogens with one attached hydrogen (secondary N) is 1. The number of hydrogen-bond donors (Lipinski definition) is 2. The van der Waals surface area contributed by atoms with Crippen LogP contribution in [0.5, 0.6) is 0 Å². The Morgan fingerprint density at radius 1 is 1.21 bits per heavy atom. The fourth-order valence-corrected chi connectivity index (χ4v) is 5.27. The van der Waals surface area contributed by atoms with Crippen LogP contribution in [0.2, 0.25) is 0 Å². The van der Waals surface area contributed by atoms with E-state index >= 15 is 0 Å². The molecule has 3 N–H and O–H groups in total. The SMILES string of the molecule is CC(=O)Nc1nc(C(=O)OCc2nc(N)c3c4c(sc3n2)CCCCC4)cs1. The Bertz CT molecular complexity index is 1060. The van der Waals surface area contributed by atoms with E-state index in [4.69, 9.17) is 10.5 Å². The molecule has 8 nitrogen and oxygen atoms in total. The molecule has 146 valence electrons. The maximum atomic E-state index is 12.2.